The van der Waals surface area contributed by atoms with E-state index in [-0.39, 0.29) is 12.4 Å². The van der Waals surface area contributed by atoms with Crippen LogP contribution >= 0.6 is 23.4 Å². The van der Waals surface area contributed by atoms with E-state index in [0.717, 1.165) is 16.3 Å². The lowest BCUT2D eigenvalue weighted by Crippen LogP contribution is -2.02. The lowest BCUT2D eigenvalue weighted by atomic mass is 10.1. The summed E-state index contributed by atoms with van der Waals surface area (Å²) in [6.45, 7) is 0.231. The van der Waals surface area contributed by atoms with E-state index >= 15 is 0 Å². The number of rotatable bonds is 5. The van der Waals surface area contributed by atoms with Crippen LogP contribution in [0.3, 0.4) is 0 Å². The van der Waals surface area contributed by atoms with Gasteiger partial charge < -0.3 is 5.73 Å². The van der Waals surface area contributed by atoms with E-state index in [1.807, 2.05) is 30.3 Å². The molecule has 100 valence electrons. The fraction of sp³-hybridized carbons (Fsp3) is 0.200. The molecule has 1 nitrogen and oxygen atoms in total. The number of hydrogen-bond donors (Lipinski definition) is 1. The molecule has 0 bridgehead atoms. The van der Waals surface area contributed by atoms with Crippen molar-refractivity contribution in [2.75, 3.05) is 0 Å². The summed E-state index contributed by atoms with van der Waals surface area (Å²) in [5, 5.41) is 0.756. The van der Waals surface area contributed by atoms with E-state index in [9.17, 15) is 4.39 Å². The Labute approximate surface area is 122 Å². The Morgan fingerprint density at radius 3 is 2.32 bits per heavy atom. The van der Waals surface area contributed by atoms with Crippen molar-refractivity contribution in [3.63, 3.8) is 0 Å². The molecule has 4 heteroatoms. The molecule has 2 aromatic rings. The molecule has 0 aliphatic rings. The minimum Gasteiger partial charge on any atom is -0.326 e. The molecular weight excluding hydrogens is 281 g/mol. The van der Waals surface area contributed by atoms with E-state index in [4.69, 9.17) is 17.3 Å². The molecule has 0 amide bonds. The molecular formula is C15H15ClFNS. The number of benzene rings is 2. The molecule has 19 heavy (non-hydrogen) atoms. The van der Waals surface area contributed by atoms with Crippen LogP contribution in [-0.4, -0.2) is 0 Å². The predicted molar refractivity (Wildman–Crippen MR) is 80.7 cm³/mol. The molecule has 2 rings (SSSR count). The molecule has 0 aromatic heterocycles. The van der Waals surface area contributed by atoms with Crippen molar-refractivity contribution in [1.29, 1.82) is 0 Å². The largest absolute Gasteiger partial charge is 0.326 e. The Bertz CT molecular complexity index is 560. The van der Waals surface area contributed by atoms with E-state index < -0.39 is 0 Å². The minimum atomic E-state index is -0.184. The normalized spacial score (nSPS) is 10.7. The third kappa shape index (κ3) is 3.72. The maximum absolute atomic E-state index is 14.0. The molecule has 0 fully saturated rings. The molecule has 0 spiro atoms. The fourth-order valence-electron chi connectivity index (χ4n) is 1.79. The molecule has 0 heterocycles. The lowest BCUT2D eigenvalue weighted by molar-refractivity contribution is 0.600. The fourth-order valence-corrected chi connectivity index (χ4v) is 3.09. The molecule has 0 unspecified atom stereocenters. The quantitative estimate of drug-likeness (QED) is 0.886. The van der Waals surface area contributed by atoms with Gasteiger partial charge in [-0.3, -0.25) is 0 Å². The Morgan fingerprint density at radius 2 is 1.58 bits per heavy atom. The van der Waals surface area contributed by atoms with Gasteiger partial charge in [0.25, 0.3) is 0 Å². The maximum Gasteiger partial charge on any atom is 0.131 e. The summed E-state index contributed by atoms with van der Waals surface area (Å²) in [5.74, 6) is 1.20. The molecule has 2 N–H and O–H groups in total. The van der Waals surface area contributed by atoms with Gasteiger partial charge in [0.15, 0.2) is 0 Å². The summed E-state index contributed by atoms with van der Waals surface area (Å²) < 4.78 is 14.0. The minimum absolute atomic E-state index is 0.184. The van der Waals surface area contributed by atoms with Crippen molar-refractivity contribution in [3.8, 4) is 0 Å². The maximum atomic E-state index is 14.0. The van der Waals surface area contributed by atoms with Crippen LogP contribution in [0, 0.1) is 5.82 Å². The highest BCUT2D eigenvalue weighted by Crippen LogP contribution is 2.24. The van der Waals surface area contributed by atoms with Crippen LogP contribution in [-0.2, 0) is 18.1 Å². The summed E-state index contributed by atoms with van der Waals surface area (Å²) in [5.41, 5.74) is 7.83. The zero-order valence-electron chi connectivity index (χ0n) is 10.4. The molecule has 0 aliphatic carbocycles. The predicted octanol–water partition coefficient (Wildman–Crippen LogP) is 4.37. The zero-order valence-corrected chi connectivity index (χ0v) is 12.0. The molecule has 0 saturated carbocycles. The van der Waals surface area contributed by atoms with Crippen LogP contribution in [0.5, 0.6) is 0 Å². The van der Waals surface area contributed by atoms with Crippen LogP contribution in [0.2, 0.25) is 5.02 Å². The molecule has 0 atom stereocenters. The van der Waals surface area contributed by atoms with Gasteiger partial charge in [-0.15, -0.1) is 0 Å². The highest BCUT2D eigenvalue weighted by atomic mass is 35.5. The van der Waals surface area contributed by atoms with E-state index in [1.54, 1.807) is 23.9 Å². The first-order valence-electron chi connectivity index (χ1n) is 6.00. The van der Waals surface area contributed by atoms with Crippen LogP contribution < -0.4 is 5.73 Å². The lowest BCUT2D eigenvalue weighted by Gasteiger charge is -2.07. The number of halogens is 2. The average Bonchev–Trinajstić information content (AvgIpc) is 2.43. The topological polar surface area (TPSA) is 26.0 Å². The van der Waals surface area contributed by atoms with Gasteiger partial charge >= 0.3 is 0 Å². The van der Waals surface area contributed by atoms with Crippen molar-refractivity contribution in [2.24, 2.45) is 5.73 Å². The molecule has 2 aromatic carbocycles. The van der Waals surface area contributed by atoms with Crippen molar-refractivity contribution < 1.29 is 4.39 Å². The SMILES string of the molecule is NCc1cccc(CSCc2ccccc2Cl)c1F. The monoisotopic (exact) mass is 295 g/mol. The van der Waals surface area contributed by atoms with Crippen LogP contribution in [0.4, 0.5) is 4.39 Å². The van der Waals surface area contributed by atoms with E-state index in [1.165, 1.54) is 0 Å². The first-order valence-corrected chi connectivity index (χ1v) is 7.53. The average molecular weight is 296 g/mol. The van der Waals surface area contributed by atoms with Gasteiger partial charge in [0.1, 0.15) is 5.82 Å². The van der Waals surface area contributed by atoms with Gasteiger partial charge in [0.05, 0.1) is 0 Å². The van der Waals surface area contributed by atoms with Crippen LogP contribution in [0.15, 0.2) is 42.5 Å². The van der Waals surface area contributed by atoms with Gasteiger partial charge in [-0.05, 0) is 17.2 Å². The van der Waals surface area contributed by atoms with Gasteiger partial charge in [-0.25, -0.2) is 4.39 Å². The molecule has 0 aliphatic heterocycles. The van der Waals surface area contributed by atoms with Crippen LogP contribution in [0.25, 0.3) is 0 Å². The second-order valence-electron chi connectivity index (χ2n) is 4.18. The van der Waals surface area contributed by atoms with Crippen LogP contribution in [0.1, 0.15) is 16.7 Å². The second kappa shape index (κ2) is 6.94. The first-order chi connectivity index (χ1) is 9.22. The number of hydrogen-bond acceptors (Lipinski definition) is 2. The van der Waals surface area contributed by atoms with Crippen molar-refractivity contribution >= 4 is 23.4 Å². The molecule has 0 radical (unpaired) electrons. The summed E-state index contributed by atoms with van der Waals surface area (Å²) >= 11 is 7.72. The Kier molecular flexibility index (Phi) is 5.25. The summed E-state index contributed by atoms with van der Waals surface area (Å²) in [6.07, 6.45) is 0. The van der Waals surface area contributed by atoms with E-state index in [2.05, 4.69) is 0 Å². The highest BCUT2D eigenvalue weighted by molar-refractivity contribution is 7.97. The Hall–Kier alpha value is -1.03. The first kappa shape index (κ1) is 14.4. The second-order valence-corrected chi connectivity index (χ2v) is 5.57. The molecule has 0 saturated heterocycles. The van der Waals surface area contributed by atoms with Gasteiger partial charge in [-0.1, -0.05) is 48.0 Å². The van der Waals surface area contributed by atoms with Crippen molar-refractivity contribution in [3.05, 3.63) is 70.0 Å². The Balaban J connectivity index is 1.98. The van der Waals surface area contributed by atoms with Gasteiger partial charge in [0.2, 0.25) is 0 Å². The summed E-state index contributed by atoms with van der Waals surface area (Å²) in [7, 11) is 0. The van der Waals surface area contributed by atoms with Gasteiger partial charge in [-0.2, -0.15) is 11.8 Å². The summed E-state index contributed by atoms with van der Waals surface area (Å²) in [6, 6.07) is 13.1. The standard InChI is InChI=1S/C15H15ClFNS/c16-14-7-2-1-4-12(14)9-19-10-13-6-3-5-11(8-18)15(13)17/h1-7H,8-10,18H2. The highest BCUT2D eigenvalue weighted by Gasteiger charge is 2.07. The van der Waals surface area contributed by atoms with Gasteiger partial charge in [0, 0.05) is 28.6 Å². The Morgan fingerprint density at radius 1 is 0.947 bits per heavy atom. The summed E-state index contributed by atoms with van der Waals surface area (Å²) in [4.78, 5) is 0. The smallest absolute Gasteiger partial charge is 0.131 e. The number of thioether (sulfide) groups is 1. The van der Waals surface area contributed by atoms with Crippen molar-refractivity contribution in [1.82, 2.24) is 0 Å². The zero-order chi connectivity index (χ0) is 13.7. The van der Waals surface area contributed by atoms with Crippen molar-refractivity contribution in [2.45, 2.75) is 18.1 Å². The van der Waals surface area contributed by atoms with E-state index in [0.29, 0.717) is 16.9 Å². The number of nitrogens with two attached hydrogens (primary N) is 1. The third-order valence-corrected chi connectivity index (χ3v) is 4.25. The third-order valence-electron chi connectivity index (χ3n) is 2.85.